The van der Waals surface area contributed by atoms with Crippen LogP contribution in [0.15, 0.2) is 10.7 Å². The number of hydrogen-bond acceptors (Lipinski definition) is 2. The number of halogens is 4. The van der Waals surface area contributed by atoms with E-state index in [1.807, 2.05) is 0 Å². The smallest absolute Gasteiger partial charge is 0.352 e. The summed E-state index contributed by atoms with van der Waals surface area (Å²) in [5.74, 6) is -0.315. The summed E-state index contributed by atoms with van der Waals surface area (Å²) in [7, 11) is 0. The number of nitrogens with one attached hydrogen (secondary N) is 1. The standard InChI is InChI=1S/C11H13BrF3N3O/c12-9-5-8(11(13,14)15)17-18(9)6-10(19)16-7-3-1-2-4-7/h5,7H,1-4,6H2,(H,16,19). The lowest BCUT2D eigenvalue weighted by Gasteiger charge is -2.12. The molecule has 19 heavy (non-hydrogen) atoms. The third kappa shape index (κ3) is 3.71. The van der Waals surface area contributed by atoms with Crippen LogP contribution in [-0.2, 0) is 17.5 Å². The highest BCUT2D eigenvalue weighted by molar-refractivity contribution is 9.10. The van der Waals surface area contributed by atoms with E-state index in [0.717, 1.165) is 36.4 Å². The third-order valence-electron chi connectivity index (χ3n) is 3.03. The van der Waals surface area contributed by atoms with Crippen molar-refractivity contribution in [2.45, 2.75) is 44.4 Å². The Bertz CT molecular complexity index is 466. The van der Waals surface area contributed by atoms with E-state index >= 15 is 0 Å². The Kier molecular flexibility index (Phi) is 4.17. The molecule has 1 aromatic rings. The van der Waals surface area contributed by atoms with Gasteiger partial charge in [-0.2, -0.15) is 18.3 Å². The molecule has 0 radical (unpaired) electrons. The van der Waals surface area contributed by atoms with Gasteiger partial charge in [0, 0.05) is 12.1 Å². The van der Waals surface area contributed by atoms with Gasteiger partial charge in [0.25, 0.3) is 0 Å². The van der Waals surface area contributed by atoms with Gasteiger partial charge in [0.2, 0.25) is 5.91 Å². The van der Waals surface area contributed by atoms with Gasteiger partial charge in [-0.15, -0.1) is 0 Å². The number of aromatic nitrogens is 2. The van der Waals surface area contributed by atoms with Crippen LogP contribution in [0.2, 0.25) is 0 Å². The van der Waals surface area contributed by atoms with Crippen LogP contribution in [0.4, 0.5) is 13.2 Å². The van der Waals surface area contributed by atoms with Gasteiger partial charge in [0.1, 0.15) is 11.1 Å². The zero-order valence-corrected chi connectivity index (χ0v) is 11.6. The van der Waals surface area contributed by atoms with Gasteiger partial charge >= 0.3 is 6.18 Å². The SMILES string of the molecule is O=C(Cn1nc(C(F)(F)F)cc1Br)NC1CCCC1. The highest BCUT2D eigenvalue weighted by Gasteiger charge is 2.34. The number of carbonyl (C=O) groups excluding carboxylic acids is 1. The summed E-state index contributed by atoms with van der Waals surface area (Å²) in [6.45, 7) is -0.215. The second kappa shape index (κ2) is 5.52. The predicted molar refractivity (Wildman–Crippen MR) is 65.3 cm³/mol. The minimum atomic E-state index is -4.50. The average molecular weight is 340 g/mol. The summed E-state index contributed by atoms with van der Waals surface area (Å²) in [6.07, 6.45) is -0.487. The van der Waals surface area contributed by atoms with E-state index in [4.69, 9.17) is 0 Å². The van der Waals surface area contributed by atoms with Crippen molar-refractivity contribution in [2.24, 2.45) is 0 Å². The fourth-order valence-corrected chi connectivity index (χ4v) is 2.54. The Morgan fingerprint density at radius 1 is 1.47 bits per heavy atom. The highest BCUT2D eigenvalue weighted by Crippen LogP contribution is 2.29. The average Bonchev–Trinajstić information content (AvgIpc) is 2.88. The minimum Gasteiger partial charge on any atom is -0.352 e. The first-order valence-electron chi connectivity index (χ1n) is 5.96. The first kappa shape index (κ1) is 14.4. The fourth-order valence-electron chi connectivity index (χ4n) is 2.12. The van der Waals surface area contributed by atoms with E-state index in [2.05, 4.69) is 26.3 Å². The number of alkyl halides is 3. The van der Waals surface area contributed by atoms with Crippen LogP contribution in [0.1, 0.15) is 31.4 Å². The van der Waals surface area contributed by atoms with Crippen molar-refractivity contribution < 1.29 is 18.0 Å². The second-order valence-electron chi connectivity index (χ2n) is 4.56. The lowest BCUT2D eigenvalue weighted by Crippen LogP contribution is -2.35. The van der Waals surface area contributed by atoms with Crippen molar-refractivity contribution in [1.82, 2.24) is 15.1 Å². The van der Waals surface area contributed by atoms with Crippen LogP contribution in [0.3, 0.4) is 0 Å². The summed E-state index contributed by atoms with van der Waals surface area (Å²) in [4.78, 5) is 11.7. The summed E-state index contributed by atoms with van der Waals surface area (Å²) in [5.41, 5.74) is -1.01. The molecular weight excluding hydrogens is 327 g/mol. The maximum absolute atomic E-state index is 12.4. The molecule has 1 heterocycles. The molecule has 4 nitrogen and oxygen atoms in total. The van der Waals surface area contributed by atoms with Crippen molar-refractivity contribution in [3.8, 4) is 0 Å². The van der Waals surface area contributed by atoms with Crippen LogP contribution in [-0.4, -0.2) is 21.7 Å². The van der Waals surface area contributed by atoms with E-state index in [0.29, 0.717) is 0 Å². The quantitative estimate of drug-likeness (QED) is 0.920. The normalized spacial score (nSPS) is 16.8. The molecule has 8 heteroatoms. The van der Waals surface area contributed by atoms with E-state index in [1.54, 1.807) is 0 Å². The van der Waals surface area contributed by atoms with Crippen LogP contribution < -0.4 is 5.32 Å². The molecule has 1 aromatic heterocycles. The van der Waals surface area contributed by atoms with Gasteiger partial charge in [0.05, 0.1) is 0 Å². The Hall–Kier alpha value is -1.05. The minimum absolute atomic E-state index is 0.140. The van der Waals surface area contributed by atoms with Crippen LogP contribution >= 0.6 is 15.9 Å². The summed E-state index contributed by atoms with van der Waals surface area (Å²) < 4.78 is 38.5. The topological polar surface area (TPSA) is 46.9 Å². The molecule has 1 aliphatic carbocycles. The Morgan fingerprint density at radius 2 is 2.11 bits per heavy atom. The van der Waals surface area contributed by atoms with Gasteiger partial charge in [-0.3, -0.25) is 4.79 Å². The molecule has 106 valence electrons. The first-order chi connectivity index (χ1) is 8.86. The van der Waals surface area contributed by atoms with Crippen LogP contribution in [0, 0.1) is 0 Å². The molecule has 0 atom stereocenters. The van der Waals surface area contributed by atoms with E-state index in [-0.39, 0.29) is 23.1 Å². The lowest BCUT2D eigenvalue weighted by atomic mass is 10.2. The van der Waals surface area contributed by atoms with Gasteiger partial charge in [-0.1, -0.05) is 12.8 Å². The molecular formula is C11H13BrF3N3O. The van der Waals surface area contributed by atoms with Gasteiger partial charge in [-0.05, 0) is 28.8 Å². The fraction of sp³-hybridized carbons (Fsp3) is 0.636. The van der Waals surface area contributed by atoms with Crippen molar-refractivity contribution in [3.63, 3.8) is 0 Å². The zero-order chi connectivity index (χ0) is 14.0. The van der Waals surface area contributed by atoms with Crippen molar-refractivity contribution in [2.75, 3.05) is 0 Å². The number of carbonyl (C=O) groups is 1. The van der Waals surface area contributed by atoms with E-state index in [9.17, 15) is 18.0 Å². The molecule has 1 amide bonds. The molecule has 1 fully saturated rings. The Morgan fingerprint density at radius 3 is 2.63 bits per heavy atom. The number of hydrogen-bond donors (Lipinski definition) is 1. The Balaban J connectivity index is 1.98. The monoisotopic (exact) mass is 339 g/mol. The molecule has 0 aromatic carbocycles. The lowest BCUT2D eigenvalue weighted by molar-refractivity contribution is -0.141. The number of rotatable bonds is 3. The molecule has 0 spiro atoms. The third-order valence-corrected chi connectivity index (χ3v) is 3.67. The van der Waals surface area contributed by atoms with Crippen molar-refractivity contribution >= 4 is 21.8 Å². The predicted octanol–water partition coefficient (Wildman–Crippen LogP) is 2.72. The molecule has 0 unspecified atom stereocenters. The van der Waals surface area contributed by atoms with Gasteiger partial charge < -0.3 is 5.32 Å². The van der Waals surface area contributed by atoms with E-state index in [1.165, 1.54) is 0 Å². The van der Waals surface area contributed by atoms with Crippen molar-refractivity contribution in [3.05, 3.63) is 16.4 Å². The number of amides is 1. The van der Waals surface area contributed by atoms with Crippen LogP contribution in [0.25, 0.3) is 0 Å². The van der Waals surface area contributed by atoms with Crippen LogP contribution in [0.5, 0.6) is 0 Å². The maximum Gasteiger partial charge on any atom is 0.435 e. The van der Waals surface area contributed by atoms with Gasteiger partial charge in [-0.25, -0.2) is 4.68 Å². The Labute approximate surface area is 116 Å². The summed E-state index contributed by atoms with van der Waals surface area (Å²) in [5, 5.41) is 6.18. The molecule has 2 rings (SSSR count). The molecule has 1 aliphatic rings. The molecule has 1 saturated carbocycles. The maximum atomic E-state index is 12.4. The second-order valence-corrected chi connectivity index (χ2v) is 5.37. The first-order valence-corrected chi connectivity index (χ1v) is 6.75. The van der Waals surface area contributed by atoms with Crippen molar-refractivity contribution in [1.29, 1.82) is 0 Å². The highest BCUT2D eigenvalue weighted by atomic mass is 79.9. The largest absolute Gasteiger partial charge is 0.435 e. The molecule has 0 saturated heterocycles. The summed E-state index contributed by atoms with van der Waals surface area (Å²) in [6, 6.07) is 1.01. The molecule has 0 bridgehead atoms. The van der Waals surface area contributed by atoms with Gasteiger partial charge in [0.15, 0.2) is 5.69 Å². The number of nitrogens with zero attached hydrogens (tertiary/aromatic N) is 2. The molecule has 0 aliphatic heterocycles. The van der Waals surface area contributed by atoms with E-state index < -0.39 is 11.9 Å². The summed E-state index contributed by atoms with van der Waals surface area (Å²) >= 11 is 2.97. The molecule has 1 N–H and O–H groups in total. The zero-order valence-electron chi connectivity index (χ0n) is 10.0.